The number of aliphatic hydroxyl groups excluding tert-OH is 1. The minimum atomic E-state index is -0.399. The van der Waals surface area contributed by atoms with Crippen LogP contribution in [0.3, 0.4) is 0 Å². The molecule has 0 bridgehead atoms. The summed E-state index contributed by atoms with van der Waals surface area (Å²) in [6, 6.07) is 0. The summed E-state index contributed by atoms with van der Waals surface area (Å²) in [4.78, 5) is 1.72. The van der Waals surface area contributed by atoms with Crippen molar-refractivity contribution in [3.8, 4) is 0 Å². The molecule has 6 heteroatoms. The van der Waals surface area contributed by atoms with E-state index < -0.39 is 5.60 Å². The van der Waals surface area contributed by atoms with Crippen LogP contribution in [0.25, 0.3) is 0 Å². The van der Waals surface area contributed by atoms with Gasteiger partial charge < -0.3 is 10.2 Å². The van der Waals surface area contributed by atoms with Gasteiger partial charge in [0.1, 0.15) is 0 Å². The Labute approximate surface area is 193 Å². The van der Waals surface area contributed by atoms with Crippen molar-refractivity contribution in [3.05, 3.63) is 5.82 Å². The number of hydrogen-bond donors (Lipinski definition) is 2. The van der Waals surface area contributed by atoms with Crippen LogP contribution in [-0.2, 0) is 6.54 Å². The quantitative estimate of drug-likeness (QED) is 0.704. The molecule has 1 heterocycles. The maximum absolute atomic E-state index is 11.3. The van der Waals surface area contributed by atoms with Crippen LogP contribution in [-0.4, -0.2) is 42.1 Å². The standard InChI is InChI=1S/C26H44N4O2/c1-5-10-26(32)12-9-19-18(14-26)6-7-21-20(19)8-11-25(4)22(21)13-23(31)24(25)16(2)15-30-28-17(3)27-29-30/h16,18-24,31-32H,5-15H2,1-4H3/t16-,18+,19-,20+,21+,22-,23+,24-,25-,26+/m0/s1. The first-order valence-corrected chi connectivity index (χ1v) is 13.4. The Hall–Kier alpha value is -1.01. The van der Waals surface area contributed by atoms with Crippen molar-refractivity contribution in [1.82, 2.24) is 20.2 Å². The van der Waals surface area contributed by atoms with Gasteiger partial charge in [-0.1, -0.05) is 27.2 Å². The molecule has 4 saturated carbocycles. The highest BCUT2D eigenvalue weighted by atomic mass is 16.3. The van der Waals surface area contributed by atoms with Gasteiger partial charge >= 0.3 is 0 Å². The molecule has 0 amide bonds. The second-order valence-electron chi connectivity index (χ2n) is 12.4. The van der Waals surface area contributed by atoms with E-state index in [0.29, 0.717) is 29.5 Å². The zero-order valence-electron chi connectivity index (χ0n) is 20.6. The van der Waals surface area contributed by atoms with Crippen LogP contribution in [0.15, 0.2) is 0 Å². The Bertz CT molecular complexity index is 814. The molecule has 6 nitrogen and oxygen atoms in total. The fourth-order valence-electron chi connectivity index (χ4n) is 9.51. The number of aromatic nitrogens is 4. The highest BCUT2D eigenvalue weighted by molar-refractivity contribution is 5.10. The summed E-state index contributed by atoms with van der Waals surface area (Å²) >= 11 is 0. The highest BCUT2D eigenvalue weighted by Crippen LogP contribution is 2.65. The van der Waals surface area contributed by atoms with Crippen LogP contribution >= 0.6 is 0 Å². The second-order valence-corrected chi connectivity index (χ2v) is 12.4. The summed E-state index contributed by atoms with van der Waals surface area (Å²) in [5, 5.41) is 35.0. The van der Waals surface area contributed by atoms with Crippen LogP contribution in [0.2, 0.25) is 0 Å². The molecule has 0 unspecified atom stereocenters. The lowest BCUT2D eigenvalue weighted by Gasteiger charge is -2.57. The molecule has 0 spiro atoms. The molecule has 0 aliphatic heterocycles. The summed E-state index contributed by atoms with van der Waals surface area (Å²) in [5.74, 6) is 5.05. The number of aryl methyl sites for hydroxylation is 1. The molecule has 4 aliphatic carbocycles. The molecule has 4 aliphatic rings. The molecular weight excluding hydrogens is 400 g/mol. The fraction of sp³-hybridized carbons (Fsp3) is 0.962. The van der Waals surface area contributed by atoms with E-state index in [4.69, 9.17) is 0 Å². The van der Waals surface area contributed by atoms with Crippen molar-refractivity contribution >= 4 is 0 Å². The average Bonchev–Trinajstić information content (AvgIpc) is 3.26. The Balaban J connectivity index is 1.31. The van der Waals surface area contributed by atoms with Crippen LogP contribution in [0.5, 0.6) is 0 Å². The van der Waals surface area contributed by atoms with Gasteiger partial charge in [-0.15, -0.1) is 10.2 Å². The summed E-state index contributed by atoms with van der Waals surface area (Å²) in [6.07, 6.45) is 11.2. The van der Waals surface area contributed by atoms with Crippen LogP contribution in [0.1, 0.15) is 90.8 Å². The van der Waals surface area contributed by atoms with Gasteiger partial charge in [-0.05, 0) is 117 Å². The first-order valence-electron chi connectivity index (χ1n) is 13.4. The van der Waals surface area contributed by atoms with Crippen LogP contribution in [0, 0.1) is 53.8 Å². The highest BCUT2D eigenvalue weighted by Gasteiger charge is 2.61. The molecule has 0 saturated heterocycles. The fourth-order valence-corrected chi connectivity index (χ4v) is 9.51. The number of fused-ring (bicyclic) bond motifs is 5. The van der Waals surface area contributed by atoms with E-state index in [0.717, 1.165) is 56.4 Å². The minimum absolute atomic E-state index is 0.208. The van der Waals surface area contributed by atoms with E-state index in [1.54, 1.807) is 4.80 Å². The molecule has 32 heavy (non-hydrogen) atoms. The number of hydrogen-bond acceptors (Lipinski definition) is 5. The summed E-state index contributed by atoms with van der Waals surface area (Å²) in [7, 11) is 0. The Morgan fingerprint density at radius 3 is 2.62 bits per heavy atom. The van der Waals surface area contributed by atoms with Gasteiger partial charge in [0, 0.05) is 0 Å². The third-order valence-corrected chi connectivity index (χ3v) is 10.5. The molecule has 1 aromatic rings. The number of nitrogens with zero attached hydrogens (tertiary/aromatic N) is 4. The first kappa shape index (κ1) is 22.8. The summed E-state index contributed by atoms with van der Waals surface area (Å²) in [6.45, 7) is 9.57. The average molecular weight is 445 g/mol. The molecule has 10 atom stereocenters. The zero-order chi connectivity index (χ0) is 22.7. The van der Waals surface area contributed by atoms with Crippen LogP contribution in [0.4, 0.5) is 0 Å². The molecule has 4 fully saturated rings. The smallest absolute Gasteiger partial charge is 0.171 e. The predicted octanol–water partition coefficient (Wildman–Crippen LogP) is 4.39. The van der Waals surface area contributed by atoms with E-state index in [9.17, 15) is 10.2 Å². The monoisotopic (exact) mass is 444 g/mol. The van der Waals surface area contributed by atoms with Gasteiger partial charge in [0.05, 0.1) is 18.2 Å². The molecular formula is C26H44N4O2. The third-order valence-electron chi connectivity index (χ3n) is 10.5. The largest absolute Gasteiger partial charge is 0.393 e. The van der Waals surface area contributed by atoms with E-state index in [-0.39, 0.29) is 11.5 Å². The Morgan fingerprint density at radius 1 is 1.12 bits per heavy atom. The Kier molecular flexibility index (Phi) is 5.93. The van der Waals surface area contributed by atoms with E-state index in [1.165, 1.54) is 32.1 Å². The lowest BCUT2D eigenvalue weighted by Crippen LogP contribution is -2.51. The topological polar surface area (TPSA) is 84.1 Å². The van der Waals surface area contributed by atoms with Crippen molar-refractivity contribution in [1.29, 1.82) is 0 Å². The number of rotatable bonds is 5. The van der Waals surface area contributed by atoms with Crippen LogP contribution < -0.4 is 0 Å². The van der Waals surface area contributed by atoms with Gasteiger partial charge in [0.25, 0.3) is 0 Å². The first-order chi connectivity index (χ1) is 15.2. The summed E-state index contributed by atoms with van der Waals surface area (Å²) in [5.41, 5.74) is -0.191. The second kappa shape index (κ2) is 8.33. The van der Waals surface area contributed by atoms with E-state index >= 15 is 0 Å². The van der Waals surface area contributed by atoms with Gasteiger partial charge in [-0.25, -0.2) is 0 Å². The van der Waals surface area contributed by atoms with Gasteiger partial charge in [0.2, 0.25) is 0 Å². The van der Waals surface area contributed by atoms with Crippen molar-refractivity contribution < 1.29 is 10.2 Å². The Morgan fingerprint density at radius 2 is 1.91 bits per heavy atom. The minimum Gasteiger partial charge on any atom is -0.393 e. The van der Waals surface area contributed by atoms with Crippen molar-refractivity contribution in [2.45, 2.75) is 110 Å². The normalized spacial score (nSPS) is 46.9. The van der Waals surface area contributed by atoms with E-state index in [2.05, 4.69) is 36.2 Å². The third kappa shape index (κ3) is 3.73. The summed E-state index contributed by atoms with van der Waals surface area (Å²) < 4.78 is 0. The molecule has 5 rings (SSSR count). The lowest BCUT2D eigenvalue weighted by atomic mass is 9.48. The predicted molar refractivity (Wildman–Crippen MR) is 124 cm³/mol. The molecule has 2 N–H and O–H groups in total. The van der Waals surface area contributed by atoms with Gasteiger partial charge in [-0.3, -0.25) is 0 Å². The van der Waals surface area contributed by atoms with Crippen molar-refractivity contribution in [2.75, 3.05) is 0 Å². The van der Waals surface area contributed by atoms with Gasteiger partial charge in [-0.2, -0.15) is 4.80 Å². The van der Waals surface area contributed by atoms with Crippen molar-refractivity contribution in [2.24, 2.45) is 46.8 Å². The number of aliphatic hydroxyl groups is 2. The molecule has 0 aromatic carbocycles. The van der Waals surface area contributed by atoms with Gasteiger partial charge in [0.15, 0.2) is 5.82 Å². The van der Waals surface area contributed by atoms with E-state index in [1.807, 2.05) is 6.92 Å². The number of tetrazole rings is 1. The SMILES string of the molecule is CCC[C@@]1(O)CC[C@H]2[C@H](CC[C@@H]3[C@@H]2CC[C@]2(C)[C@@H]([C@@H](C)Cn4nnc(C)n4)[C@H](O)C[C@@H]32)C1. The maximum Gasteiger partial charge on any atom is 0.171 e. The molecule has 0 radical (unpaired) electrons. The molecule has 1 aromatic heterocycles. The van der Waals surface area contributed by atoms with Crippen molar-refractivity contribution in [3.63, 3.8) is 0 Å². The maximum atomic E-state index is 11.3. The zero-order valence-corrected chi connectivity index (χ0v) is 20.6. The lowest BCUT2D eigenvalue weighted by molar-refractivity contribution is -0.111. The molecule has 180 valence electrons.